The first kappa shape index (κ1) is 33.7. The van der Waals surface area contributed by atoms with E-state index in [1.807, 2.05) is 6.92 Å². The number of hydrogen-bond acceptors (Lipinski definition) is 6. The molecule has 1 heterocycles. The molecule has 11 nitrogen and oxygen atoms in total. The number of nitrogens with two attached hydrogens (primary N) is 1. The van der Waals surface area contributed by atoms with Gasteiger partial charge in [-0.15, -0.1) is 5.10 Å². The Kier molecular flexibility index (Phi) is 12.4. The van der Waals surface area contributed by atoms with Gasteiger partial charge in [-0.25, -0.2) is 9.79 Å². The van der Waals surface area contributed by atoms with Crippen LogP contribution < -0.4 is 21.7 Å². The summed E-state index contributed by atoms with van der Waals surface area (Å²) >= 11 is 0. The summed E-state index contributed by atoms with van der Waals surface area (Å²) in [5.74, 6) is 5.46. The molecule has 0 aliphatic heterocycles. The molecule has 1 aromatic heterocycles. The van der Waals surface area contributed by atoms with Crippen LogP contribution in [0.5, 0.6) is 0 Å². The van der Waals surface area contributed by atoms with E-state index in [9.17, 15) is 14.0 Å². The number of halogens is 1. The Hall–Kier alpha value is -4.53. The molecule has 12 heteroatoms. The molecule has 1 atom stereocenters. The van der Waals surface area contributed by atoms with Gasteiger partial charge >= 0.3 is 6.09 Å². The molecule has 2 amide bonds. The lowest BCUT2D eigenvalue weighted by atomic mass is 10.2. The van der Waals surface area contributed by atoms with E-state index in [0.29, 0.717) is 47.2 Å². The number of rotatable bonds is 11. The van der Waals surface area contributed by atoms with E-state index in [0.717, 1.165) is 13.0 Å². The third-order valence-electron chi connectivity index (χ3n) is 5.97. The maximum absolute atomic E-state index is 13.8. The highest BCUT2D eigenvalue weighted by Gasteiger charge is 2.26. The van der Waals surface area contributed by atoms with E-state index in [2.05, 4.69) is 44.5 Å². The van der Waals surface area contributed by atoms with Crippen LogP contribution in [0.3, 0.4) is 0 Å². The molecule has 42 heavy (non-hydrogen) atoms. The minimum atomic E-state index is -0.683. The molecular formula is C30H43FN8O3. The number of unbranched alkanes of at least 4 members (excludes halogenated alkanes) is 1. The second-order valence-electron chi connectivity index (χ2n) is 10.7. The highest BCUT2D eigenvalue weighted by atomic mass is 19.1. The van der Waals surface area contributed by atoms with Crippen molar-refractivity contribution in [1.82, 2.24) is 25.3 Å². The lowest BCUT2D eigenvalue weighted by Crippen LogP contribution is -2.47. The number of ether oxygens (including phenoxy) is 1. The third-order valence-corrected chi connectivity index (χ3v) is 5.97. The van der Waals surface area contributed by atoms with Crippen LogP contribution >= 0.6 is 0 Å². The van der Waals surface area contributed by atoms with Crippen molar-refractivity contribution in [1.29, 1.82) is 0 Å². The molecule has 2 aromatic rings. The van der Waals surface area contributed by atoms with Gasteiger partial charge in [0, 0.05) is 51.2 Å². The highest BCUT2D eigenvalue weighted by Crippen LogP contribution is 2.21. The second kappa shape index (κ2) is 15.5. The van der Waals surface area contributed by atoms with Gasteiger partial charge in [0.15, 0.2) is 5.96 Å². The van der Waals surface area contributed by atoms with Gasteiger partial charge in [-0.05, 0) is 58.7 Å². The summed E-state index contributed by atoms with van der Waals surface area (Å²) in [7, 11) is 3.19. The molecule has 5 N–H and O–H groups in total. The number of nitrogens with one attached hydrogen (secondary N) is 3. The van der Waals surface area contributed by atoms with Crippen LogP contribution in [0, 0.1) is 17.8 Å². The minimum absolute atomic E-state index is 0.118. The zero-order valence-electron chi connectivity index (χ0n) is 25.6. The molecule has 0 saturated carbocycles. The Morgan fingerprint density at radius 1 is 1.31 bits per heavy atom. The zero-order valence-corrected chi connectivity index (χ0v) is 25.6. The smallest absolute Gasteiger partial charge is 0.410 e. The number of aromatic nitrogens is 2. The first-order valence-corrected chi connectivity index (χ1v) is 13.8. The predicted octanol–water partition coefficient (Wildman–Crippen LogP) is 3.99. The van der Waals surface area contributed by atoms with Gasteiger partial charge < -0.3 is 26.4 Å². The van der Waals surface area contributed by atoms with E-state index < -0.39 is 23.7 Å². The van der Waals surface area contributed by atoms with E-state index in [-0.39, 0.29) is 11.9 Å². The Morgan fingerprint density at radius 3 is 2.69 bits per heavy atom. The van der Waals surface area contributed by atoms with E-state index in [1.54, 1.807) is 52.9 Å². The topological polar surface area (TPSA) is 139 Å². The van der Waals surface area contributed by atoms with Crippen LogP contribution in [0.1, 0.15) is 53.9 Å². The Labute approximate surface area is 247 Å². The number of fused-ring (bicyclic) bond motifs is 1. The number of guanidine groups is 1. The summed E-state index contributed by atoms with van der Waals surface area (Å²) < 4.78 is 20.6. The largest absolute Gasteiger partial charge is 0.444 e. The quantitative estimate of drug-likeness (QED) is 0.103. The Balaban J connectivity index is 1.98. The van der Waals surface area contributed by atoms with Crippen molar-refractivity contribution in [2.75, 3.05) is 25.5 Å². The summed E-state index contributed by atoms with van der Waals surface area (Å²) in [6, 6.07) is 4.36. The molecule has 0 bridgehead atoms. The fourth-order valence-corrected chi connectivity index (χ4v) is 3.52. The number of carbonyl (C=O) groups excluding carboxylic acids is 2. The van der Waals surface area contributed by atoms with Crippen molar-refractivity contribution in [3.8, 4) is 11.8 Å². The molecule has 0 aliphatic carbocycles. The van der Waals surface area contributed by atoms with Gasteiger partial charge in [-0.1, -0.05) is 25.3 Å². The summed E-state index contributed by atoms with van der Waals surface area (Å²) in [4.78, 5) is 30.2. The van der Waals surface area contributed by atoms with Gasteiger partial charge in [0.25, 0.3) is 0 Å². The number of allylic oxidation sites excluding steroid dienone is 1. The van der Waals surface area contributed by atoms with Crippen molar-refractivity contribution in [3.05, 3.63) is 48.2 Å². The van der Waals surface area contributed by atoms with Crippen LogP contribution in [-0.2, 0) is 16.6 Å². The monoisotopic (exact) mass is 582 g/mol. The number of likely N-dealkylation sites (N-methyl/N-ethyl adjacent to an activating group) is 1. The van der Waals surface area contributed by atoms with Crippen molar-refractivity contribution < 1.29 is 18.7 Å². The number of benzene rings is 1. The standard InChI is InChI=1S/C30H43FN8O3/c1-9-16-33-20(2)22(19-35-28(32)36-23-14-15-24-25(18-23)39(8)37-26(24)31)13-11-10-12-17-34-27(40)21(3)38(7)29(41)42-30(4,5)6/h14-15,18-19,21,33H,2,9-10,12,16-17H2,1,3-8H3,(H,34,40)(H3,32,35,36)/b22-19-/t21-/m0/s1. The number of carbonyl (C=O) groups is 2. The van der Waals surface area contributed by atoms with Gasteiger partial charge in [-0.2, -0.15) is 4.39 Å². The van der Waals surface area contributed by atoms with Crippen LogP contribution in [0.4, 0.5) is 14.9 Å². The molecule has 228 valence electrons. The molecule has 0 unspecified atom stereocenters. The molecule has 0 saturated heterocycles. The number of hydrogen-bond donors (Lipinski definition) is 4. The fraction of sp³-hybridized carbons (Fsp3) is 0.467. The normalized spacial score (nSPS) is 12.7. The average Bonchev–Trinajstić information content (AvgIpc) is 3.20. The molecular weight excluding hydrogens is 539 g/mol. The first-order valence-electron chi connectivity index (χ1n) is 13.8. The first-order chi connectivity index (χ1) is 19.7. The van der Waals surface area contributed by atoms with Gasteiger partial charge in [-0.3, -0.25) is 14.4 Å². The van der Waals surface area contributed by atoms with Crippen molar-refractivity contribution in [3.63, 3.8) is 0 Å². The summed E-state index contributed by atoms with van der Waals surface area (Å²) in [6.07, 6.45) is 2.99. The Morgan fingerprint density at radius 2 is 2.02 bits per heavy atom. The lowest BCUT2D eigenvalue weighted by molar-refractivity contribution is -0.125. The van der Waals surface area contributed by atoms with Crippen LogP contribution in [-0.4, -0.2) is 64.4 Å². The molecule has 0 radical (unpaired) electrons. The maximum atomic E-state index is 13.8. The second-order valence-corrected chi connectivity index (χ2v) is 10.7. The third kappa shape index (κ3) is 10.5. The van der Waals surface area contributed by atoms with Gasteiger partial charge in [0.1, 0.15) is 11.6 Å². The number of aliphatic imine (C=N–C) groups is 1. The number of amides is 2. The van der Waals surface area contributed by atoms with Crippen molar-refractivity contribution in [2.24, 2.45) is 17.8 Å². The van der Waals surface area contributed by atoms with Gasteiger partial charge in [0.2, 0.25) is 11.9 Å². The average molecular weight is 583 g/mol. The van der Waals surface area contributed by atoms with Crippen molar-refractivity contribution >= 4 is 34.6 Å². The molecule has 0 fully saturated rings. The SMILES string of the molecule is C=C(NCCC)/C(C#CCCCNC(=O)[C@H](C)N(C)C(=O)OC(C)(C)C)=C\N=C(/N)Nc1ccc2c(F)nn(C)c2c1. The molecule has 0 spiro atoms. The lowest BCUT2D eigenvalue weighted by Gasteiger charge is -2.28. The number of anilines is 1. The fourth-order valence-electron chi connectivity index (χ4n) is 3.52. The minimum Gasteiger partial charge on any atom is -0.444 e. The van der Waals surface area contributed by atoms with Gasteiger partial charge in [0.05, 0.1) is 16.5 Å². The highest BCUT2D eigenvalue weighted by molar-refractivity contribution is 5.95. The number of aryl methyl sites for hydroxylation is 1. The zero-order chi connectivity index (χ0) is 31.4. The molecule has 0 aliphatic rings. The Bertz CT molecular complexity index is 1390. The predicted molar refractivity (Wildman–Crippen MR) is 165 cm³/mol. The summed E-state index contributed by atoms with van der Waals surface area (Å²) in [5, 5.41) is 13.2. The van der Waals surface area contributed by atoms with E-state index in [4.69, 9.17) is 10.5 Å². The van der Waals surface area contributed by atoms with E-state index >= 15 is 0 Å². The molecule has 1 aromatic carbocycles. The number of nitrogens with zero attached hydrogens (tertiary/aromatic N) is 4. The summed E-state index contributed by atoms with van der Waals surface area (Å²) in [5.41, 5.74) is 7.86. The van der Waals surface area contributed by atoms with E-state index in [1.165, 1.54) is 22.8 Å². The van der Waals surface area contributed by atoms with Crippen LogP contribution in [0.2, 0.25) is 0 Å². The summed E-state index contributed by atoms with van der Waals surface area (Å²) in [6.45, 7) is 14.2. The van der Waals surface area contributed by atoms with Crippen LogP contribution in [0.25, 0.3) is 10.9 Å². The molecule has 2 rings (SSSR count). The van der Waals surface area contributed by atoms with Crippen LogP contribution in [0.15, 0.2) is 47.2 Å². The van der Waals surface area contributed by atoms with Crippen molar-refractivity contribution in [2.45, 2.75) is 65.5 Å². The maximum Gasteiger partial charge on any atom is 0.410 e.